The van der Waals surface area contributed by atoms with Crippen LogP contribution < -0.4 is 10.2 Å². The number of hydrogen-bond acceptors (Lipinski definition) is 3. The number of aromatic carboxylic acids is 1. The minimum atomic E-state index is -1.34. The third-order valence-corrected chi connectivity index (χ3v) is 3.47. The van der Waals surface area contributed by atoms with Crippen LogP contribution in [-0.2, 0) is 0 Å². The Balaban J connectivity index is 2.30. The molecule has 104 valence electrons. The Bertz CT molecular complexity index is 465. The summed E-state index contributed by atoms with van der Waals surface area (Å²) in [7, 11) is 1.64. The number of carboxylic acids is 1. The molecular weight excluding hydrogens is 254 g/mol. The van der Waals surface area contributed by atoms with E-state index in [2.05, 4.69) is 5.32 Å². The van der Waals surface area contributed by atoms with Crippen LogP contribution in [0.1, 0.15) is 23.2 Å². The fourth-order valence-corrected chi connectivity index (χ4v) is 2.40. The van der Waals surface area contributed by atoms with Crippen molar-refractivity contribution in [2.45, 2.75) is 18.9 Å². The fourth-order valence-electron chi connectivity index (χ4n) is 2.40. The van der Waals surface area contributed by atoms with E-state index in [4.69, 9.17) is 5.11 Å². The molecular formula is C13H16F2N2O2. The number of nitrogens with one attached hydrogen (secondary N) is 1. The van der Waals surface area contributed by atoms with Crippen molar-refractivity contribution in [2.75, 3.05) is 25.0 Å². The number of rotatable bonds is 3. The minimum absolute atomic E-state index is 0.0564. The molecule has 1 aromatic carbocycles. The molecule has 4 nitrogen and oxygen atoms in total. The average Bonchev–Trinajstić information content (AvgIpc) is 2.38. The summed E-state index contributed by atoms with van der Waals surface area (Å²) in [5, 5.41) is 11.9. The van der Waals surface area contributed by atoms with Crippen molar-refractivity contribution in [1.29, 1.82) is 0 Å². The van der Waals surface area contributed by atoms with Crippen LogP contribution in [0, 0.1) is 11.6 Å². The van der Waals surface area contributed by atoms with E-state index in [9.17, 15) is 13.6 Å². The lowest BCUT2D eigenvalue weighted by atomic mass is 10.0. The molecule has 0 aromatic heterocycles. The van der Waals surface area contributed by atoms with E-state index >= 15 is 0 Å². The summed E-state index contributed by atoms with van der Waals surface area (Å²) < 4.78 is 27.8. The van der Waals surface area contributed by atoms with E-state index in [0.717, 1.165) is 38.1 Å². The lowest BCUT2D eigenvalue weighted by Crippen LogP contribution is -2.41. The number of nitrogens with zero attached hydrogens (tertiary/aromatic N) is 1. The van der Waals surface area contributed by atoms with Crippen molar-refractivity contribution in [2.24, 2.45) is 0 Å². The predicted octanol–water partition coefficient (Wildman–Crippen LogP) is 1.85. The molecule has 1 saturated heterocycles. The van der Waals surface area contributed by atoms with Gasteiger partial charge in [-0.2, -0.15) is 0 Å². The van der Waals surface area contributed by atoms with Gasteiger partial charge in [-0.3, -0.25) is 0 Å². The summed E-state index contributed by atoms with van der Waals surface area (Å²) in [6.07, 6.45) is 1.60. The first-order chi connectivity index (χ1) is 9.00. The summed E-state index contributed by atoms with van der Waals surface area (Å²) in [5.41, 5.74) is -0.533. The van der Waals surface area contributed by atoms with Crippen molar-refractivity contribution in [3.63, 3.8) is 0 Å². The van der Waals surface area contributed by atoms with Gasteiger partial charge in [0.2, 0.25) is 0 Å². The van der Waals surface area contributed by atoms with Gasteiger partial charge in [0, 0.05) is 13.1 Å². The third kappa shape index (κ3) is 2.84. The largest absolute Gasteiger partial charge is 0.478 e. The zero-order chi connectivity index (χ0) is 14.0. The summed E-state index contributed by atoms with van der Waals surface area (Å²) in [5.74, 6) is -3.01. The maximum atomic E-state index is 13.9. The van der Waals surface area contributed by atoms with E-state index < -0.39 is 17.6 Å². The van der Waals surface area contributed by atoms with Crippen molar-refractivity contribution >= 4 is 11.7 Å². The number of carbonyl (C=O) groups is 1. The molecule has 1 aliphatic rings. The first-order valence-electron chi connectivity index (χ1n) is 6.16. The van der Waals surface area contributed by atoms with Crippen LogP contribution >= 0.6 is 0 Å². The standard InChI is InChI=1S/C13H16F2N2O2/c1-17(9-2-4-16-5-3-9)12-10(14)6-8(13(18)19)7-11(12)15/h6-7,9,16H,2-5H2,1H3,(H,18,19). The zero-order valence-corrected chi connectivity index (χ0v) is 10.6. The molecule has 1 fully saturated rings. The van der Waals surface area contributed by atoms with Crippen LogP contribution in [0.25, 0.3) is 0 Å². The number of hydrogen-bond donors (Lipinski definition) is 2. The molecule has 0 spiro atoms. The molecule has 1 aromatic rings. The molecule has 0 unspecified atom stereocenters. The van der Waals surface area contributed by atoms with Crippen molar-refractivity contribution in [1.82, 2.24) is 5.32 Å². The lowest BCUT2D eigenvalue weighted by molar-refractivity contribution is 0.0696. The Labute approximate surface area is 110 Å². The Morgan fingerprint density at radius 1 is 1.32 bits per heavy atom. The second-order valence-corrected chi connectivity index (χ2v) is 4.69. The molecule has 19 heavy (non-hydrogen) atoms. The van der Waals surface area contributed by atoms with Crippen LogP contribution in [0.4, 0.5) is 14.5 Å². The molecule has 0 amide bonds. The maximum Gasteiger partial charge on any atom is 0.335 e. The number of anilines is 1. The highest BCUT2D eigenvalue weighted by Crippen LogP contribution is 2.27. The van der Waals surface area contributed by atoms with Crippen LogP contribution in [0.3, 0.4) is 0 Å². The van der Waals surface area contributed by atoms with Gasteiger partial charge in [0.15, 0.2) is 0 Å². The minimum Gasteiger partial charge on any atom is -0.478 e. The molecule has 1 aliphatic heterocycles. The molecule has 1 heterocycles. The first-order valence-corrected chi connectivity index (χ1v) is 6.16. The molecule has 2 rings (SSSR count). The normalized spacial score (nSPS) is 16.4. The van der Waals surface area contributed by atoms with Crippen molar-refractivity contribution in [3.05, 3.63) is 29.3 Å². The van der Waals surface area contributed by atoms with E-state index in [1.54, 1.807) is 11.9 Å². The van der Waals surface area contributed by atoms with Gasteiger partial charge in [-0.1, -0.05) is 0 Å². The Morgan fingerprint density at radius 3 is 2.32 bits per heavy atom. The molecule has 0 radical (unpaired) electrons. The van der Waals surface area contributed by atoms with Gasteiger partial charge in [-0.25, -0.2) is 13.6 Å². The van der Waals surface area contributed by atoms with E-state index in [1.807, 2.05) is 0 Å². The highest BCUT2D eigenvalue weighted by atomic mass is 19.1. The molecule has 2 N–H and O–H groups in total. The van der Waals surface area contributed by atoms with E-state index in [0.29, 0.717) is 0 Å². The summed E-state index contributed by atoms with van der Waals surface area (Å²) >= 11 is 0. The molecule has 0 bridgehead atoms. The highest BCUT2D eigenvalue weighted by Gasteiger charge is 2.24. The van der Waals surface area contributed by atoms with Crippen molar-refractivity contribution < 1.29 is 18.7 Å². The van der Waals surface area contributed by atoms with Gasteiger partial charge in [0.1, 0.15) is 17.3 Å². The van der Waals surface area contributed by atoms with Crippen molar-refractivity contribution in [3.8, 4) is 0 Å². The van der Waals surface area contributed by atoms with E-state index in [1.165, 1.54) is 0 Å². The second kappa shape index (κ2) is 5.52. The summed E-state index contributed by atoms with van der Waals surface area (Å²) in [6, 6.07) is 1.78. The number of carboxylic acid groups (broad SMARTS) is 1. The third-order valence-electron chi connectivity index (χ3n) is 3.47. The lowest BCUT2D eigenvalue weighted by Gasteiger charge is -2.33. The van der Waals surface area contributed by atoms with Crippen LogP contribution in [0.2, 0.25) is 0 Å². The number of piperidine rings is 1. The van der Waals surface area contributed by atoms with Gasteiger partial charge in [0.05, 0.1) is 5.56 Å². The Hall–Kier alpha value is -1.69. The number of benzene rings is 1. The second-order valence-electron chi connectivity index (χ2n) is 4.69. The molecule has 6 heteroatoms. The SMILES string of the molecule is CN(c1c(F)cc(C(=O)O)cc1F)C1CCNCC1. The number of halogens is 2. The van der Waals surface area contributed by atoms with Gasteiger partial charge in [0.25, 0.3) is 0 Å². The van der Waals surface area contributed by atoms with Crippen LogP contribution in [0.15, 0.2) is 12.1 Å². The quantitative estimate of drug-likeness (QED) is 0.880. The van der Waals surface area contributed by atoms with Gasteiger partial charge < -0.3 is 15.3 Å². The Morgan fingerprint density at radius 2 is 1.84 bits per heavy atom. The van der Waals surface area contributed by atoms with Gasteiger partial charge >= 0.3 is 5.97 Å². The molecule has 0 saturated carbocycles. The van der Waals surface area contributed by atoms with E-state index in [-0.39, 0.29) is 17.3 Å². The van der Waals surface area contributed by atoms with Gasteiger partial charge in [-0.05, 0) is 38.1 Å². The predicted molar refractivity (Wildman–Crippen MR) is 67.6 cm³/mol. The Kier molecular flexibility index (Phi) is 3.99. The van der Waals surface area contributed by atoms with Gasteiger partial charge in [-0.15, -0.1) is 0 Å². The smallest absolute Gasteiger partial charge is 0.335 e. The monoisotopic (exact) mass is 270 g/mol. The van der Waals surface area contributed by atoms with Crippen LogP contribution in [-0.4, -0.2) is 37.3 Å². The van der Waals surface area contributed by atoms with Crippen LogP contribution in [0.5, 0.6) is 0 Å². The summed E-state index contributed by atoms with van der Waals surface area (Å²) in [6.45, 7) is 1.62. The fraction of sp³-hybridized carbons (Fsp3) is 0.462. The average molecular weight is 270 g/mol. The highest BCUT2D eigenvalue weighted by molar-refractivity contribution is 5.88. The zero-order valence-electron chi connectivity index (χ0n) is 10.6. The maximum absolute atomic E-state index is 13.9. The molecule has 0 atom stereocenters. The molecule has 0 aliphatic carbocycles. The topological polar surface area (TPSA) is 52.6 Å². The first kappa shape index (κ1) is 13.7. The summed E-state index contributed by atoms with van der Waals surface area (Å²) in [4.78, 5) is 12.3.